The van der Waals surface area contributed by atoms with Gasteiger partial charge in [-0.3, -0.25) is 9.88 Å². The smallest absolute Gasteiger partial charge is 0.124 e. The molecule has 1 fully saturated rings. The Bertz CT molecular complexity index is 551. The van der Waals surface area contributed by atoms with Crippen LogP contribution in [0.5, 0.6) is 0 Å². The molecule has 1 N–H and O–H groups in total. The maximum absolute atomic E-state index is 4.90. The summed E-state index contributed by atoms with van der Waals surface area (Å²) < 4.78 is 0. The first kappa shape index (κ1) is 12.5. The summed E-state index contributed by atoms with van der Waals surface area (Å²) in [5.41, 5.74) is 4.65. The van der Waals surface area contributed by atoms with E-state index in [9.17, 15) is 0 Å². The molecule has 2 aromatic heterocycles. The summed E-state index contributed by atoms with van der Waals surface area (Å²) in [6.07, 6.45) is 9.45. The standard InChI is InChI=1S/C15H20N4S/c1-2-5-13-12(4-1)17-15(18-13)14-6-3-7-19(14)9-11-8-16-10-20-11/h8,10,14H,1-7,9H2,(H,17,18). The first-order chi connectivity index (χ1) is 9.90. The van der Waals surface area contributed by atoms with Crippen LogP contribution < -0.4 is 0 Å². The SMILES string of the molecule is c1ncc(CN2CCCC2c2nc3c([nH]2)CCCC3)s1. The number of hydrogen-bond donors (Lipinski definition) is 1. The first-order valence-electron chi connectivity index (χ1n) is 7.59. The summed E-state index contributed by atoms with van der Waals surface area (Å²) in [4.78, 5) is 16.6. The van der Waals surface area contributed by atoms with Crippen molar-refractivity contribution in [3.8, 4) is 0 Å². The first-order valence-corrected chi connectivity index (χ1v) is 8.47. The van der Waals surface area contributed by atoms with Gasteiger partial charge in [0.1, 0.15) is 5.82 Å². The molecule has 1 aliphatic carbocycles. The van der Waals surface area contributed by atoms with E-state index in [2.05, 4.69) is 14.9 Å². The van der Waals surface area contributed by atoms with Crippen LogP contribution in [0.2, 0.25) is 0 Å². The van der Waals surface area contributed by atoms with Crippen LogP contribution in [0.25, 0.3) is 0 Å². The molecule has 4 rings (SSSR count). The minimum Gasteiger partial charge on any atom is -0.344 e. The van der Waals surface area contributed by atoms with E-state index in [1.54, 1.807) is 11.3 Å². The van der Waals surface area contributed by atoms with Crippen LogP contribution in [0.15, 0.2) is 11.7 Å². The second kappa shape index (κ2) is 5.30. The van der Waals surface area contributed by atoms with Crippen molar-refractivity contribution < 1.29 is 0 Å². The lowest BCUT2D eigenvalue weighted by atomic mass is 10.0. The fourth-order valence-electron chi connectivity index (χ4n) is 3.48. The summed E-state index contributed by atoms with van der Waals surface area (Å²) in [5, 5.41) is 0. The fraction of sp³-hybridized carbons (Fsp3) is 0.600. The number of aryl methyl sites for hydroxylation is 2. The van der Waals surface area contributed by atoms with Gasteiger partial charge < -0.3 is 4.98 Å². The van der Waals surface area contributed by atoms with Gasteiger partial charge in [-0.15, -0.1) is 11.3 Å². The molecule has 3 heterocycles. The molecule has 5 heteroatoms. The van der Waals surface area contributed by atoms with Crippen molar-refractivity contribution >= 4 is 11.3 Å². The Morgan fingerprint density at radius 1 is 1.30 bits per heavy atom. The Morgan fingerprint density at radius 2 is 2.25 bits per heavy atom. The highest BCUT2D eigenvalue weighted by molar-refractivity contribution is 7.09. The third kappa shape index (κ3) is 2.29. The summed E-state index contributed by atoms with van der Waals surface area (Å²) >= 11 is 1.75. The number of aromatic nitrogens is 3. The summed E-state index contributed by atoms with van der Waals surface area (Å²) in [7, 11) is 0. The van der Waals surface area contributed by atoms with Crippen molar-refractivity contribution in [2.45, 2.75) is 51.1 Å². The zero-order valence-corrected chi connectivity index (χ0v) is 12.5. The van der Waals surface area contributed by atoms with Crippen LogP contribution in [0.1, 0.15) is 53.8 Å². The van der Waals surface area contributed by atoms with Crippen molar-refractivity contribution in [3.63, 3.8) is 0 Å². The van der Waals surface area contributed by atoms with Crippen LogP contribution in [0, 0.1) is 0 Å². The minimum absolute atomic E-state index is 0.475. The maximum Gasteiger partial charge on any atom is 0.124 e. The van der Waals surface area contributed by atoms with Crippen molar-refractivity contribution in [1.82, 2.24) is 19.9 Å². The molecule has 1 unspecified atom stereocenters. The third-order valence-corrected chi connectivity index (χ3v) is 5.26. The van der Waals surface area contributed by atoms with Gasteiger partial charge in [0.25, 0.3) is 0 Å². The zero-order valence-electron chi connectivity index (χ0n) is 11.6. The number of fused-ring (bicyclic) bond motifs is 1. The lowest BCUT2D eigenvalue weighted by Gasteiger charge is -2.21. The number of H-pyrrole nitrogens is 1. The lowest BCUT2D eigenvalue weighted by Crippen LogP contribution is -2.23. The van der Waals surface area contributed by atoms with Crippen LogP contribution in [0.4, 0.5) is 0 Å². The van der Waals surface area contributed by atoms with Gasteiger partial charge in [-0.2, -0.15) is 0 Å². The van der Waals surface area contributed by atoms with Gasteiger partial charge in [-0.1, -0.05) is 0 Å². The molecule has 0 spiro atoms. The van der Waals surface area contributed by atoms with Crippen molar-refractivity contribution in [3.05, 3.63) is 33.8 Å². The van der Waals surface area contributed by atoms with Crippen molar-refractivity contribution in [1.29, 1.82) is 0 Å². The van der Waals surface area contributed by atoms with Gasteiger partial charge in [0.15, 0.2) is 0 Å². The van der Waals surface area contributed by atoms with Gasteiger partial charge in [-0.05, 0) is 45.1 Å². The van der Waals surface area contributed by atoms with Gasteiger partial charge >= 0.3 is 0 Å². The van der Waals surface area contributed by atoms with Crippen LogP contribution in [0.3, 0.4) is 0 Å². The molecule has 4 nitrogen and oxygen atoms in total. The Hall–Kier alpha value is -1.20. The number of aromatic amines is 1. The number of hydrogen-bond acceptors (Lipinski definition) is 4. The van der Waals surface area contributed by atoms with E-state index in [0.717, 1.165) is 13.0 Å². The second-order valence-electron chi connectivity index (χ2n) is 5.85. The van der Waals surface area contributed by atoms with Gasteiger partial charge in [0.05, 0.1) is 17.2 Å². The number of imidazole rings is 1. The normalized spacial score (nSPS) is 23.1. The van der Waals surface area contributed by atoms with E-state index in [4.69, 9.17) is 4.98 Å². The van der Waals surface area contributed by atoms with E-state index in [-0.39, 0.29) is 0 Å². The van der Waals surface area contributed by atoms with Crippen molar-refractivity contribution in [2.24, 2.45) is 0 Å². The summed E-state index contributed by atoms with van der Waals surface area (Å²) in [5.74, 6) is 1.21. The molecule has 20 heavy (non-hydrogen) atoms. The number of rotatable bonds is 3. The Labute approximate surface area is 123 Å². The molecule has 0 aromatic carbocycles. The Kier molecular flexibility index (Phi) is 3.32. The topological polar surface area (TPSA) is 44.8 Å². The summed E-state index contributed by atoms with van der Waals surface area (Å²) in [6.45, 7) is 2.19. The molecular weight excluding hydrogens is 268 g/mol. The van der Waals surface area contributed by atoms with Gasteiger partial charge in [-0.25, -0.2) is 4.98 Å². The fourth-order valence-corrected chi connectivity index (χ4v) is 4.10. The third-order valence-electron chi connectivity index (χ3n) is 4.49. The molecule has 0 radical (unpaired) electrons. The molecule has 0 saturated carbocycles. The molecular formula is C15H20N4S. The average Bonchev–Trinajstić information content (AvgIpc) is 3.18. The van der Waals surface area contributed by atoms with Crippen LogP contribution in [-0.4, -0.2) is 26.4 Å². The molecule has 2 aromatic rings. The number of likely N-dealkylation sites (tertiary alicyclic amines) is 1. The highest BCUT2D eigenvalue weighted by Crippen LogP contribution is 2.33. The Morgan fingerprint density at radius 3 is 3.10 bits per heavy atom. The predicted molar refractivity (Wildman–Crippen MR) is 79.7 cm³/mol. The van der Waals surface area contributed by atoms with Crippen LogP contribution >= 0.6 is 11.3 Å². The number of nitrogens with zero attached hydrogens (tertiary/aromatic N) is 3. The molecule has 0 amide bonds. The van der Waals surface area contributed by atoms with E-state index in [1.165, 1.54) is 60.7 Å². The number of nitrogens with one attached hydrogen (secondary N) is 1. The number of thiazole rings is 1. The van der Waals surface area contributed by atoms with Gasteiger partial charge in [0, 0.05) is 23.3 Å². The van der Waals surface area contributed by atoms with E-state index in [1.807, 2.05) is 11.7 Å². The zero-order chi connectivity index (χ0) is 13.4. The summed E-state index contributed by atoms with van der Waals surface area (Å²) in [6, 6.07) is 0.475. The van der Waals surface area contributed by atoms with Crippen LogP contribution in [-0.2, 0) is 19.4 Å². The highest BCUT2D eigenvalue weighted by Gasteiger charge is 2.29. The van der Waals surface area contributed by atoms with Crippen molar-refractivity contribution in [2.75, 3.05) is 6.54 Å². The molecule has 0 bridgehead atoms. The lowest BCUT2D eigenvalue weighted by molar-refractivity contribution is 0.242. The molecule has 1 saturated heterocycles. The van der Waals surface area contributed by atoms with Gasteiger partial charge in [0.2, 0.25) is 0 Å². The molecule has 106 valence electrons. The maximum atomic E-state index is 4.90. The monoisotopic (exact) mass is 288 g/mol. The predicted octanol–water partition coefficient (Wildman–Crippen LogP) is 3.08. The molecule has 1 aliphatic heterocycles. The van der Waals surface area contributed by atoms with E-state index < -0.39 is 0 Å². The second-order valence-corrected chi connectivity index (χ2v) is 6.82. The largest absolute Gasteiger partial charge is 0.344 e. The van der Waals surface area contributed by atoms with E-state index in [0.29, 0.717) is 6.04 Å². The van der Waals surface area contributed by atoms with E-state index >= 15 is 0 Å². The average molecular weight is 288 g/mol. The highest BCUT2D eigenvalue weighted by atomic mass is 32.1. The molecule has 1 atom stereocenters. The Balaban J connectivity index is 1.55. The molecule has 2 aliphatic rings. The quantitative estimate of drug-likeness (QED) is 0.944. The minimum atomic E-state index is 0.475.